The monoisotopic (exact) mass is 136 g/mol. The van der Waals surface area contributed by atoms with E-state index in [4.69, 9.17) is 0 Å². The fraction of sp³-hybridized carbons (Fsp3) is 0.600. The summed E-state index contributed by atoms with van der Waals surface area (Å²) in [6.45, 7) is 12.1. The highest BCUT2D eigenvalue weighted by Gasteiger charge is 2.00. The van der Waals surface area contributed by atoms with Gasteiger partial charge in [-0.25, -0.2) is 0 Å². The number of hydrogen-bond acceptors (Lipinski definition) is 0. The summed E-state index contributed by atoms with van der Waals surface area (Å²) in [6.07, 6.45) is 0. The number of rotatable bonds is 1. The van der Waals surface area contributed by atoms with Crippen molar-refractivity contribution in [3.8, 4) is 11.8 Å². The van der Waals surface area contributed by atoms with Gasteiger partial charge >= 0.3 is 0 Å². The minimum Gasteiger partial charge on any atom is -0.0949 e. The van der Waals surface area contributed by atoms with Crippen molar-refractivity contribution in [2.45, 2.75) is 27.7 Å². The summed E-state index contributed by atoms with van der Waals surface area (Å²) in [5, 5.41) is 0. The minimum absolute atomic E-state index is 0.483. The molecule has 0 saturated heterocycles. The molecule has 1 unspecified atom stereocenters. The van der Waals surface area contributed by atoms with Crippen molar-refractivity contribution in [1.82, 2.24) is 0 Å². The molecule has 0 fully saturated rings. The van der Waals surface area contributed by atoms with E-state index >= 15 is 0 Å². The second-order valence-corrected chi connectivity index (χ2v) is 3.08. The first kappa shape index (κ1) is 9.30. The third-order valence-corrected chi connectivity index (χ3v) is 1.51. The molecule has 0 aliphatic rings. The maximum atomic E-state index is 3.71. The van der Waals surface area contributed by atoms with Gasteiger partial charge in [0, 0.05) is 5.92 Å². The van der Waals surface area contributed by atoms with E-state index in [0.29, 0.717) is 11.8 Å². The third-order valence-electron chi connectivity index (χ3n) is 1.51. The van der Waals surface area contributed by atoms with Crippen LogP contribution in [0.25, 0.3) is 0 Å². The second-order valence-electron chi connectivity index (χ2n) is 3.08. The van der Waals surface area contributed by atoms with E-state index in [0.717, 1.165) is 5.57 Å². The SMILES string of the molecule is C=C(C)C#CC(C)C(C)C. The summed E-state index contributed by atoms with van der Waals surface area (Å²) in [7, 11) is 0. The van der Waals surface area contributed by atoms with Crippen LogP contribution in [0.4, 0.5) is 0 Å². The maximum Gasteiger partial charge on any atom is 0.0201 e. The van der Waals surface area contributed by atoms with Gasteiger partial charge in [-0.2, -0.15) is 0 Å². The highest BCUT2D eigenvalue weighted by Crippen LogP contribution is 2.07. The van der Waals surface area contributed by atoms with Gasteiger partial charge in [-0.15, -0.1) is 0 Å². The summed E-state index contributed by atoms with van der Waals surface area (Å²) < 4.78 is 0. The van der Waals surface area contributed by atoms with Crippen LogP contribution in [0.5, 0.6) is 0 Å². The molecule has 10 heavy (non-hydrogen) atoms. The zero-order valence-corrected chi connectivity index (χ0v) is 7.36. The van der Waals surface area contributed by atoms with Gasteiger partial charge < -0.3 is 0 Å². The van der Waals surface area contributed by atoms with Gasteiger partial charge in [0.05, 0.1) is 0 Å². The lowest BCUT2D eigenvalue weighted by Crippen LogP contribution is -1.99. The van der Waals surface area contributed by atoms with Crippen LogP contribution in [0.15, 0.2) is 12.2 Å². The summed E-state index contributed by atoms with van der Waals surface area (Å²) >= 11 is 0. The van der Waals surface area contributed by atoms with Crippen LogP contribution < -0.4 is 0 Å². The molecule has 0 nitrogen and oxygen atoms in total. The van der Waals surface area contributed by atoms with Gasteiger partial charge in [-0.05, 0) is 18.4 Å². The third kappa shape index (κ3) is 4.21. The molecule has 1 atom stereocenters. The van der Waals surface area contributed by atoms with Crippen LogP contribution in [-0.2, 0) is 0 Å². The summed E-state index contributed by atoms with van der Waals surface area (Å²) in [5.74, 6) is 7.24. The van der Waals surface area contributed by atoms with Crippen LogP contribution in [0.2, 0.25) is 0 Å². The maximum absolute atomic E-state index is 3.71. The predicted octanol–water partition coefficient (Wildman–Crippen LogP) is 2.86. The average Bonchev–Trinajstić information content (AvgIpc) is 1.82. The highest BCUT2D eigenvalue weighted by atomic mass is 14.0. The Morgan fingerprint density at radius 1 is 1.30 bits per heavy atom. The Morgan fingerprint density at radius 2 is 1.80 bits per heavy atom. The van der Waals surface area contributed by atoms with Crippen LogP contribution >= 0.6 is 0 Å². The van der Waals surface area contributed by atoms with E-state index in [1.165, 1.54) is 0 Å². The molecule has 0 heterocycles. The van der Waals surface area contributed by atoms with Crippen molar-refractivity contribution < 1.29 is 0 Å². The Morgan fingerprint density at radius 3 is 2.10 bits per heavy atom. The molecule has 0 amide bonds. The molecule has 0 aromatic heterocycles. The van der Waals surface area contributed by atoms with Crippen molar-refractivity contribution in [3.63, 3.8) is 0 Å². The van der Waals surface area contributed by atoms with Gasteiger partial charge in [-0.1, -0.05) is 39.2 Å². The standard InChI is InChI=1S/C10H16/c1-8(2)6-7-10(5)9(3)4/h9-10H,1H2,2-5H3. The average molecular weight is 136 g/mol. The molecule has 0 aliphatic heterocycles. The van der Waals surface area contributed by atoms with E-state index in [-0.39, 0.29) is 0 Å². The zero-order chi connectivity index (χ0) is 8.15. The van der Waals surface area contributed by atoms with Gasteiger partial charge in [-0.3, -0.25) is 0 Å². The number of allylic oxidation sites excluding steroid dienone is 1. The summed E-state index contributed by atoms with van der Waals surface area (Å²) in [4.78, 5) is 0. The fourth-order valence-corrected chi connectivity index (χ4v) is 0.404. The molecular weight excluding hydrogens is 120 g/mol. The fourth-order valence-electron chi connectivity index (χ4n) is 0.404. The van der Waals surface area contributed by atoms with Crippen molar-refractivity contribution in [1.29, 1.82) is 0 Å². The van der Waals surface area contributed by atoms with E-state index in [1.54, 1.807) is 0 Å². The van der Waals surface area contributed by atoms with Gasteiger partial charge in [0.15, 0.2) is 0 Å². The van der Waals surface area contributed by atoms with E-state index in [1.807, 2.05) is 6.92 Å². The smallest absolute Gasteiger partial charge is 0.0201 e. The van der Waals surface area contributed by atoms with Gasteiger partial charge in [0.2, 0.25) is 0 Å². The first-order valence-electron chi connectivity index (χ1n) is 3.71. The summed E-state index contributed by atoms with van der Waals surface area (Å²) in [5.41, 5.74) is 0.951. The van der Waals surface area contributed by atoms with Crippen molar-refractivity contribution >= 4 is 0 Å². The molecule has 0 spiro atoms. The Labute approximate surface area is 64.3 Å². The lowest BCUT2D eigenvalue weighted by Gasteiger charge is -2.05. The Bertz CT molecular complexity index is 164. The van der Waals surface area contributed by atoms with Crippen molar-refractivity contribution in [2.24, 2.45) is 11.8 Å². The zero-order valence-electron chi connectivity index (χ0n) is 7.36. The van der Waals surface area contributed by atoms with Crippen LogP contribution in [0, 0.1) is 23.7 Å². The predicted molar refractivity (Wildman–Crippen MR) is 46.6 cm³/mol. The van der Waals surface area contributed by atoms with Gasteiger partial charge in [0.1, 0.15) is 0 Å². The van der Waals surface area contributed by atoms with Crippen LogP contribution in [0.1, 0.15) is 27.7 Å². The quantitative estimate of drug-likeness (QED) is 0.486. The van der Waals surface area contributed by atoms with Gasteiger partial charge in [0.25, 0.3) is 0 Å². The lowest BCUT2D eigenvalue weighted by molar-refractivity contribution is 0.520. The minimum atomic E-state index is 0.483. The molecule has 0 radical (unpaired) electrons. The molecule has 0 saturated carbocycles. The molecule has 0 aromatic rings. The Hall–Kier alpha value is -0.700. The lowest BCUT2D eigenvalue weighted by atomic mass is 9.99. The first-order valence-corrected chi connectivity index (χ1v) is 3.71. The van der Waals surface area contributed by atoms with Crippen molar-refractivity contribution in [2.75, 3.05) is 0 Å². The van der Waals surface area contributed by atoms with Crippen LogP contribution in [-0.4, -0.2) is 0 Å². The molecule has 56 valence electrons. The normalized spacial score (nSPS) is 12.1. The highest BCUT2D eigenvalue weighted by molar-refractivity contribution is 5.23. The Kier molecular flexibility index (Phi) is 3.88. The molecule has 0 heteroatoms. The van der Waals surface area contributed by atoms with E-state index in [2.05, 4.69) is 39.2 Å². The molecule has 0 N–H and O–H groups in total. The van der Waals surface area contributed by atoms with E-state index < -0.39 is 0 Å². The first-order chi connectivity index (χ1) is 4.54. The van der Waals surface area contributed by atoms with Crippen LogP contribution in [0.3, 0.4) is 0 Å². The largest absolute Gasteiger partial charge is 0.0949 e. The number of hydrogen-bond donors (Lipinski definition) is 0. The molecule has 0 rings (SSSR count). The molecule has 0 aromatic carbocycles. The van der Waals surface area contributed by atoms with Crippen molar-refractivity contribution in [3.05, 3.63) is 12.2 Å². The van der Waals surface area contributed by atoms with E-state index in [9.17, 15) is 0 Å². The molecule has 0 aliphatic carbocycles. The topological polar surface area (TPSA) is 0 Å². The second kappa shape index (κ2) is 4.17. The molecular formula is C10H16. The Balaban J connectivity index is 3.92. The summed E-state index contributed by atoms with van der Waals surface area (Å²) in [6, 6.07) is 0. The molecule has 0 bridgehead atoms.